The SMILES string of the molecule is Cc1ccc(S(=O)(=O)N(C)CC(=O)NCc2nc(C)c(C)o2)cc1C. The molecule has 1 aromatic carbocycles. The summed E-state index contributed by atoms with van der Waals surface area (Å²) in [6.45, 7) is 7.20. The summed E-state index contributed by atoms with van der Waals surface area (Å²) >= 11 is 0. The number of likely N-dealkylation sites (N-methyl/N-ethyl adjacent to an activating group) is 1. The molecule has 0 spiro atoms. The predicted octanol–water partition coefficient (Wildman–Crippen LogP) is 1.85. The first-order valence-electron chi connectivity index (χ1n) is 7.84. The van der Waals surface area contributed by atoms with Crippen LogP contribution in [0.15, 0.2) is 27.5 Å². The third kappa shape index (κ3) is 4.46. The van der Waals surface area contributed by atoms with Gasteiger partial charge in [0.25, 0.3) is 0 Å². The van der Waals surface area contributed by atoms with E-state index in [0.717, 1.165) is 21.1 Å². The summed E-state index contributed by atoms with van der Waals surface area (Å²) in [7, 11) is -2.35. The van der Waals surface area contributed by atoms with Gasteiger partial charge in [0.15, 0.2) is 0 Å². The molecule has 1 amide bonds. The van der Waals surface area contributed by atoms with Gasteiger partial charge in [-0.1, -0.05) is 6.07 Å². The molecule has 0 aliphatic heterocycles. The van der Waals surface area contributed by atoms with Crippen LogP contribution < -0.4 is 5.32 Å². The normalized spacial score (nSPS) is 11.8. The Bertz CT molecular complexity index is 868. The second-order valence-corrected chi connectivity index (χ2v) is 8.08. The molecule has 8 heteroatoms. The Morgan fingerprint density at radius 2 is 1.88 bits per heavy atom. The summed E-state index contributed by atoms with van der Waals surface area (Å²) in [5.41, 5.74) is 2.66. The van der Waals surface area contributed by atoms with Crippen LogP contribution in [0.4, 0.5) is 0 Å². The fourth-order valence-electron chi connectivity index (χ4n) is 2.19. The lowest BCUT2D eigenvalue weighted by Crippen LogP contribution is -2.38. The van der Waals surface area contributed by atoms with Gasteiger partial charge in [-0.3, -0.25) is 4.79 Å². The summed E-state index contributed by atoms with van der Waals surface area (Å²) < 4.78 is 31.5. The topological polar surface area (TPSA) is 92.5 Å². The molecule has 1 N–H and O–H groups in total. The van der Waals surface area contributed by atoms with Gasteiger partial charge in [0.2, 0.25) is 21.8 Å². The Morgan fingerprint density at radius 1 is 1.20 bits per heavy atom. The number of aryl methyl sites for hydroxylation is 4. The monoisotopic (exact) mass is 365 g/mol. The van der Waals surface area contributed by atoms with Gasteiger partial charge < -0.3 is 9.73 Å². The lowest BCUT2D eigenvalue weighted by molar-refractivity contribution is -0.121. The summed E-state index contributed by atoms with van der Waals surface area (Å²) in [6, 6.07) is 4.91. The highest BCUT2D eigenvalue weighted by atomic mass is 32.2. The third-order valence-electron chi connectivity index (χ3n) is 4.06. The Labute approximate surface area is 148 Å². The molecule has 0 saturated carbocycles. The molecule has 1 heterocycles. The van der Waals surface area contributed by atoms with Crippen LogP contribution in [0.3, 0.4) is 0 Å². The van der Waals surface area contributed by atoms with Crippen molar-refractivity contribution in [1.29, 1.82) is 0 Å². The van der Waals surface area contributed by atoms with Crippen molar-refractivity contribution in [3.63, 3.8) is 0 Å². The van der Waals surface area contributed by atoms with Crippen molar-refractivity contribution in [2.24, 2.45) is 0 Å². The number of carbonyl (C=O) groups is 1. The maximum atomic E-state index is 12.6. The van der Waals surface area contributed by atoms with Gasteiger partial charge in [0.1, 0.15) is 5.76 Å². The lowest BCUT2D eigenvalue weighted by Gasteiger charge is -2.17. The summed E-state index contributed by atoms with van der Waals surface area (Å²) in [5.74, 6) is 0.658. The number of amides is 1. The summed E-state index contributed by atoms with van der Waals surface area (Å²) in [5, 5.41) is 2.61. The Kier molecular flexibility index (Phi) is 5.64. The number of sulfonamides is 1. The molecule has 25 heavy (non-hydrogen) atoms. The number of carbonyl (C=O) groups excluding carboxylic acids is 1. The molecule has 7 nitrogen and oxygen atoms in total. The second kappa shape index (κ2) is 7.37. The van der Waals surface area contributed by atoms with Crippen molar-refractivity contribution in [3.8, 4) is 0 Å². The van der Waals surface area contributed by atoms with E-state index < -0.39 is 15.9 Å². The number of nitrogens with one attached hydrogen (secondary N) is 1. The molecule has 2 aromatic rings. The Morgan fingerprint density at radius 3 is 2.44 bits per heavy atom. The van der Waals surface area contributed by atoms with E-state index in [1.165, 1.54) is 7.05 Å². The van der Waals surface area contributed by atoms with Crippen LogP contribution >= 0.6 is 0 Å². The van der Waals surface area contributed by atoms with Crippen molar-refractivity contribution in [2.45, 2.75) is 39.1 Å². The Hall–Kier alpha value is -2.19. The van der Waals surface area contributed by atoms with Gasteiger partial charge in [-0.2, -0.15) is 4.31 Å². The summed E-state index contributed by atoms with van der Waals surface area (Å²) in [4.78, 5) is 16.4. The molecule has 136 valence electrons. The van der Waals surface area contributed by atoms with Crippen molar-refractivity contribution in [3.05, 3.63) is 46.7 Å². The first-order valence-corrected chi connectivity index (χ1v) is 9.28. The zero-order chi connectivity index (χ0) is 18.8. The van der Waals surface area contributed by atoms with Crippen molar-refractivity contribution < 1.29 is 17.6 Å². The molecule has 1 aromatic heterocycles. The van der Waals surface area contributed by atoms with Crippen LogP contribution in [0, 0.1) is 27.7 Å². The largest absolute Gasteiger partial charge is 0.444 e. The standard InChI is InChI=1S/C17H23N3O4S/c1-11-6-7-15(8-12(11)2)25(22,23)20(5)10-16(21)18-9-17-19-13(3)14(4)24-17/h6-8H,9-10H2,1-5H3,(H,18,21). The van der Waals surface area contributed by atoms with Gasteiger partial charge in [0.05, 0.1) is 23.7 Å². The quantitative estimate of drug-likeness (QED) is 0.843. The minimum Gasteiger partial charge on any atom is -0.444 e. The third-order valence-corrected chi connectivity index (χ3v) is 5.86. The van der Waals surface area contributed by atoms with E-state index in [9.17, 15) is 13.2 Å². The molecule has 0 aliphatic rings. The fourth-order valence-corrected chi connectivity index (χ4v) is 3.40. The van der Waals surface area contributed by atoms with Crippen LogP contribution in [-0.4, -0.2) is 37.2 Å². The van der Waals surface area contributed by atoms with Crippen LogP contribution in [-0.2, 0) is 21.4 Å². The number of hydrogen-bond donors (Lipinski definition) is 1. The van der Waals surface area contributed by atoms with Crippen LogP contribution in [0.25, 0.3) is 0 Å². The maximum Gasteiger partial charge on any atom is 0.243 e. The van der Waals surface area contributed by atoms with Gasteiger partial charge in [-0.25, -0.2) is 13.4 Å². The van der Waals surface area contributed by atoms with Gasteiger partial charge in [0, 0.05) is 7.05 Å². The molecule has 0 aliphatic carbocycles. The van der Waals surface area contributed by atoms with E-state index in [-0.39, 0.29) is 18.0 Å². The number of rotatable bonds is 6. The molecular weight excluding hydrogens is 342 g/mol. The molecule has 0 unspecified atom stereocenters. The zero-order valence-corrected chi connectivity index (χ0v) is 15.9. The van der Waals surface area contributed by atoms with Crippen molar-refractivity contribution >= 4 is 15.9 Å². The molecule has 0 atom stereocenters. The number of aromatic nitrogens is 1. The smallest absolute Gasteiger partial charge is 0.243 e. The molecular formula is C17H23N3O4S. The number of nitrogens with zero attached hydrogens (tertiary/aromatic N) is 2. The molecule has 0 saturated heterocycles. The van der Waals surface area contributed by atoms with E-state index in [2.05, 4.69) is 10.3 Å². The molecule has 2 rings (SSSR count). The maximum absolute atomic E-state index is 12.6. The van der Waals surface area contributed by atoms with E-state index in [0.29, 0.717) is 11.7 Å². The lowest BCUT2D eigenvalue weighted by atomic mass is 10.1. The van der Waals surface area contributed by atoms with Gasteiger partial charge in [-0.15, -0.1) is 0 Å². The molecule has 0 radical (unpaired) electrons. The van der Waals surface area contributed by atoms with Crippen molar-refractivity contribution in [1.82, 2.24) is 14.6 Å². The van der Waals surface area contributed by atoms with E-state index in [1.54, 1.807) is 25.1 Å². The molecule has 0 bridgehead atoms. The zero-order valence-electron chi connectivity index (χ0n) is 15.1. The predicted molar refractivity (Wildman–Crippen MR) is 93.6 cm³/mol. The number of oxazole rings is 1. The highest BCUT2D eigenvalue weighted by Gasteiger charge is 2.23. The van der Waals surface area contributed by atoms with Crippen LogP contribution in [0.1, 0.15) is 28.5 Å². The highest BCUT2D eigenvalue weighted by molar-refractivity contribution is 7.89. The van der Waals surface area contributed by atoms with Crippen LogP contribution in [0.5, 0.6) is 0 Å². The average molecular weight is 365 g/mol. The van der Waals surface area contributed by atoms with Gasteiger partial charge in [-0.05, 0) is 51.0 Å². The highest BCUT2D eigenvalue weighted by Crippen LogP contribution is 2.18. The fraction of sp³-hybridized carbons (Fsp3) is 0.412. The minimum atomic E-state index is -3.73. The summed E-state index contributed by atoms with van der Waals surface area (Å²) in [6.07, 6.45) is 0. The number of benzene rings is 1. The second-order valence-electron chi connectivity index (χ2n) is 6.03. The van der Waals surface area contributed by atoms with E-state index in [4.69, 9.17) is 4.42 Å². The first kappa shape index (κ1) is 19.1. The van der Waals surface area contributed by atoms with Crippen molar-refractivity contribution in [2.75, 3.05) is 13.6 Å². The van der Waals surface area contributed by atoms with Crippen LogP contribution in [0.2, 0.25) is 0 Å². The minimum absolute atomic E-state index is 0.116. The average Bonchev–Trinajstić information content (AvgIpc) is 2.86. The Balaban J connectivity index is 2.00. The molecule has 0 fully saturated rings. The first-order chi connectivity index (χ1) is 11.6. The van der Waals surface area contributed by atoms with E-state index in [1.807, 2.05) is 20.8 Å². The van der Waals surface area contributed by atoms with E-state index >= 15 is 0 Å². The van der Waals surface area contributed by atoms with Gasteiger partial charge >= 0.3 is 0 Å². The number of hydrogen-bond acceptors (Lipinski definition) is 5.